The van der Waals surface area contributed by atoms with E-state index in [0.29, 0.717) is 0 Å². The van der Waals surface area contributed by atoms with Crippen molar-refractivity contribution < 1.29 is 0 Å². The minimum atomic E-state index is 1.04. The van der Waals surface area contributed by atoms with Crippen molar-refractivity contribution in [3.8, 4) is 11.3 Å². The minimum absolute atomic E-state index is 1.04. The molecular weight excluding hydrogens is 250 g/mol. The highest BCUT2D eigenvalue weighted by molar-refractivity contribution is 7.25. The van der Waals surface area contributed by atoms with E-state index in [9.17, 15) is 0 Å². The van der Waals surface area contributed by atoms with Crippen LogP contribution in [0.15, 0.2) is 66.7 Å². The molecule has 90 valence electrons. The third kappa shape index (κ3) is 1.72. The molecule has 0 N–H and O–H groups in total. The van der Waals surface area contributed by atoms with Gasteiger partial charge in [0.2, 0.25) is 0 Å². The van der Waals surface area contributed by atoms with Crippen molar-refractivity contribution in [3.05, 3.63) is 66.7 Å². The maximum atomic E-state index is 4.84. The summed E-state index contributed by atoms with van der Waals surface area (Å²) in [5.74, 6) is 0. The van der Waals surface area contributed by atoms with Gasteiger partial charge in [0, 0.05) is 15.6 Å². The molecule has 4 aromatic rings. The van der Waals surface area contributed by atoms with Gasteiger partial charge in [-0.15, -0.1) is 11.3 Å². The lowest BCUT2D eigenvalue weighted by molar-refractivity contribution is 1.42. The van der Waals surface area contributed by atoms with E-state index < -0.39 is 0 Å². The monoisotopic (exact) mass is 261 g/mol. The van der Waals surface area contributed by atoms with E-state index >= 15 is 0 Å². The van der Waals surface area contributed by atoms with E-state index in [-0.39, 0.29) is 0 Å². The van der Waals surface area contributed by atoms with Gasteiger partial charge in [0.1, 0.15) is 0 Å². The predicted octanol–water partition coefficient (Wildman–Crippen LogP) is 5.12. The fourth-order valence-corrected chi connectivity index (χ4v) is 3.41. The first kappa shape index (κ1) is 10.7. The molecule has 2 heteroatoms. The van der Waals surface area contributed by atoms with Crippen LogP contribution in [0.3, 0.4) is 0 Å². The van der Waals surface area contributed by atoms with E-state index in [1.807, 2.05) is 18.2 Å². The first-order chi connectivity index (χ1) is 9.42. The second kappa shape index (κ2) is 4.18. The van der Waals surface area contributed by atoms with E-state index in [4.69, 9.17) is 4.98 Å². The molecule has 0 aliphatic rings. The second-order valence-corrected chi connectivity index (χ2v) is 5.59. The number of hydrogen-bond acceptors (Lipinski definition) is 2. The molecule has 0 radical (unpaired) electrons. The Morgan fingerprint density at radius 2 is 1.47 bits per heavy atom. The molecule has 0 saturated heterocycles. The summed E-state index contributed by atoms with van der Waals surface area (Å²) in [4.78, 5) is 4.84. The van der Waals surface area contributed by atoms with Crippen LogP contribution in [0.25, 0.3) is 31.6 Å². The molecule has 0 fully saturated rings. The van der Waals surface area contributed by atoms with Crippen LogP contribution in [-0.4, -0.2) is 4.98 Å². The van der Waals surface area contributed by atoms with Crippen LogP contribution in [0.4, 0.5) is 0 Å². The molecule has 0 saturated carbocycles. The summed E-state index contributed by atoms with van der Waals surface area (Å²) in [5.41, 5.74) is 3.32. The van der Waals surface area contributed by atoms with Crippen LogP contribution >= 0.6 is 11.3 Å². The molecule has 19 heavy (non-hydrogen) atoms. The minimum Gasteiger partial charge on any atom is -0.246 e. The molecule has 0 amide bonds. The highest BCUT2D eigenvalue weighted by Gasteiger charge is 2.07. The van der Waals surface area contributed by atoms with Crippen LogP contribution in [0.1, 0.15) is 0 Å². The Morgan fingerprint density at radius 1 is 0.684 bits per heavy atom. The first-order valence-electron chi connectivity index (χ1n) is 6.25. The number of pyridine rings is 1. The average Bonchev–Trinajstić information content (AvgIpc) is 2.86. The quantitative estimate of drug-likeness (QED) is 0.463. The molecule has 0 spiro atoms. The molecule has 2 aromatic heterocycles. The van der Waals surface area contributed by atoms with Crippen molar-refractivity contribution in [1.82, 2.24) is 4.98 Å². The first-order valence-corrected chi connectivity index (χ1v) is 7.07. The lowest BCUT2D eigenvalue weighted by Crippen LogP contribution is -1.82. The zero-order valence-corrected chi connectivity index (χ0v) is 11.0. The molecule has 2 aromatic carbocycles. The Hall–Kier alpha value is -2.19. The normalized spacial score (nSPS) is 11.2. The Balaban J connectivity index is 2.03. The van der Waals surface area contributed by atoms with Crippen molar-refractivity contribution in [1.29, 1.82) is 0 Å². The Bertz CT molecular complexity index is 862. The van der Waals surface area contributed by atoms with Crippen LogP contribution in [0, 0.1) is 0 Å². The summed E-state index contributed by atoms with van der Waals surface area (Å²) >= 11 is 1.80. The van der Waals surface area contributed by atoms with Crippen LogP contribution < -0.4 is 0 Å². The van der Waals surface area contributed by atoms with E-state index in [1.165, 1.54) is 20.3 Å². The van der Waals surface area contributed by atoms with E-state index in [1.54, 1.807) is 11.3 Å². The summed E-state index contributed by atoms with van der Waals surface area (Å²) in [6, 6.07) is 23.1. The molecular formula is C17H11NS. The smallest absolute Gasteiger partial charge is 0.0895 e. The zero-order valence-electron chi connectivity index (χ0n) is 10.2. The van der Waals surface area contributed by atoms with Gasteiger partial charge >= 0.3 is 0 Å². The Labute approximate surface area is 115 Å². The lowest BCUT2D eigenvalue weighted by Gasteiger charge is -2.00. The van der Waals surface area contributed by atoms with E-state index in [2.05, 4.69) is 48.5 Å². The van der Waals surface area contributed by atoms with Gasteiger partial charge in [0.15, 0.2) is 0 Å². The second-order valence-electron chi connectivity index (χ2n) is 4.51. The van der Waals surface area contributed by atoms with Crippen molar-refractivity contribution >= 4 is 31.6 Å². The highest BCUT2D eigenvalue weighted by Crippen LogP contribution is 2.33. The molecule has 0 bridgehead atoms. The molecule has 1 nitrogen and oxygen atoms in total. The van der Waals surface area contributed by atoms with Gasteiger partial charge in [-0.05, 0) is 18.2 Å². The summed E-state index contributed by atoms with van der Waals surface area (Å²) in [6.07, 6.45) is 0. The van der Waals surface area contributed by atoms with Crippen molar-refractivity contribution in [2.75, 3.05) is 0 Å². The number of aromatic nitrogens is 1. The Morgan fingerprint density at radius 3 is 2.37 bits per heavy atom. The molecule has 0 aliphatic heterocycles. The van der Waals surface area contributed by atoms with Crippen molar-refractivity contribution in [2.24, 2.45) is 0 Å². The summed E-state index contributed by atoms with van der Waals surface area (Å²) in [7, 11) is 0. The summed E-state index contributed by atoms with van der Waals surface area (Å²) < 4.78 is 2.55. The molecule has 0 aliphatic carbocycles. The molecule has 2 heterocycles. The molecule has 4 rings (SSSR count). The van der Waals surface area contributed by atoms with Crippen LogP contribution in [0.5, 0.6) is 0 Å². The molecule has 0 unspecified atom stereocenters. The number of rotatable bonds is 1. The Kier molecular flexibility index (Phi) is 2.35. The van der Waals surface area contributed by atoms with E-state index in [0.717, 1.165) is 11.2 Å². The summed E-state index contributed by atoms with van der Waals surface area (Å²) in [5, 5.41) is 1.25. The summed E-state index contributed by atoms with van der Waals surface area (Å²) in [6.45, 7) is 0. The fraction of sp³-hybridized carbons (Fsp3) is 0. The number of benzene rings is 2. The van der Waals surface area contributed by atoms with Gasteiger partial charge in [-0.25, -0.2) is 4.98 Å². The SMILES string of the molecule is c1ccc(-c2ccc3sc4ccccc4c3n2)cc1. The lowest BCUT2D eigenvalue weighted by atomic mass is 10.1. The van der Waals surface area contributed by atoms with Crippen LogP contribution in [-0.2, 0) is 0 Å². The predicted molar refractivity (Wildman–Crippen MR) is 82.6 cm³/mol. The largest absolute Gasteiger partial charge is 0.246 e. The average molecular weight is 261 g/mol. The van der Waals surface area contributed by atoms with Gasteiger partial charge < -0.3 is 0 Å². The third-order valence-electron chi connectivity index (χ3n) is 3.29. The molecule has 0 atom stereocenters. The fourth-order valence-electron chi connectivity index (χ4n) is 2.36. The van der Waals surface area contributed by atoms with Crippen molar-refractivity contribution in [2.45, 2.75) is 0 Å². The number of nitrogens with zero attached hydrogens (tertiary/aromatic N) is 1. The number of fused-ring (bicyclic) bond motifs is 3. The number of hydrogen-bond donors (Lipinski definition) is 0. The standard InChI is InChI=1S/C17H11NS/c1-2-6-12(7-3-1)14-10-11-16-17(18-14)13-8-4-5-9-15(13)19-16/h1-11H. The number of thiophene rings is 1. The topological polar surface area (TPSA) is 12.9 Å². The third-order valence-corrected chi connectivity index (χ3v) is 4.42. The zero-order chi connectivity index (χ0) is 12.7. The highest BCUT2D eigenvalue weighted by atomic mass is 32.1. The van der Waals surface area contributed by atoms with Gasteiger partial charge in [0.05, 0.1) is 15.9 Å². The van der Waals surface area contributed by atoms with Gasteiger partial charge in [-0.1, -0.05) is 48.5 Å². The van der Waals surface area contributed by atoms with Crippen LogP contribution in [0.2, 0.25) is 0 Å². The van der Waals surface area contributed by atoms with Gasteiger partial charge in [0.25, 0.3) is 0 Å². The maximum absolute atomic E-state index is 4.84. The maximum Gasteiger partial charge on any atom is 0.0895 e. The van der Waals surface area contributed by atoms with Gasteiger partial charge in [-0.2, -0.15) is 0 Å². The van der Waals surface area contributed by atoms with Crippen molar-refractivity contribution in [3.63, 3.8) is 0 Å². The van der Waals surface area contributed by atoms with Gasteiger partial charge in [-0.3, -0.25) is 0 Å².